The monoisotopic (exact) mass is 302 g/mol. The standard InChI is InChI=1S/C13H22N2O4S/c1-10(8-14-2)9-15-20(16,17)13-6-5-11(18-3)7-12(13)19-4/h5-7,10,14-15H,8-9H2,1-4H3. The molecule has 1 atom stereocenters. The first kappa shape index (κ1) is 16.7. The van der Waals surface area contributed by atoms with Gasteiger partial charge in [0, 0.05) is 12.6 Å². The van der Waals surface area contributed by atoms with Crippen molar-refractivity contribution in [2.75, 3.05) is 34.4 Å². The molecule has 1 rings (SSSR count). The van der Waals surface area contributed by atoms with Crippen molar-refractivity contribution in [3.8, 4) is 11.5 Å². The number of methoxy groups -OCH3 is 2. The molecule has 2 N–H and O–H groups in total. The van der Waals surface area contributed by atoms with E-state index < -0.39 is 10.0 Å². The van der Waals surface area contributed by atoms with E-state index in [0.717, 1.165) is 6.54 Å². The van der Waals surface area contributed by atoms with Crippen molar-refractivity contribution >= 4 is 10.0 Å². The summed E-state index contributed by atoms with van der Waals surface area (Å²) < 4.78 is 37.3. The van der Waals surface area contributed by atoms with Gasteiger partial charge >= 0.3 is 0 Å². The highest BCUT2D eigenvalue weighted by Crippen LogP contribution is 2.28. The van der Waals surface area contributed by atoms with Gasteiger partial charge in [0.1, 0.15) is 16.4 Å². The second-order valence-electron chi connectivity index (χ2n) is 4.53. The Bertz CT molecular complexity index is 531. The van der Waals surface area contributed by atoms with Crippen LogP contribution in [0.15, 0.2) is 23.1 Å². The molecule has 0 heterocycles. The van der Waals surface area contributed by atoms with E-state index >= 15 is 0 Å². The lowest BCUT2D eigenvalue weighted by atomic mass is 10.2. The van der Waals surface area contributed by atoms with Crippen molar-refractivity contribution in [2.45, 2.75) is 11.8 Å². The second kappa shape index (κ2) is 7.47. The Kier molecular flexibility index (Phi) is 6.25. The third-order valence-corrected chi connectivity index (χ3v) is 4.30. The molecule has 7 heteroatoms. The number of benzene rings is 1. The van der Waals surface area contributed by atoms with Crippen LogP contribution in [0.4, 0.5) is 0 Å². The zero-order valence-electron chi connectivity index (χ0n) is 12.3. The van der Waals surface area contributed by atoms with E-state index in [1.54, 1.807) is 12.1 Å². The summed E-state index contributed by atoms with van der Waals surface area (Å²) >= 11 is 0. The van der Waals surface area contributed by atoms with Gasteiger partial charge in [0.05, 0.1) is 14.2 Å². The van der Waals surface area contributed by atoms with Gasteiger partial charge in [0.2, 0.25) is 10.0 Å². The quantitative estimate of drug-likeness (QED) is 0.744. The Balaban J connectivity index is 2.92. The van der Waals surface area contributed by atoms with Gasteiger partial charge in [0.25, 0.3) is 0 Å². The molecule has 0 fully saturated rings. The van der Waals surface area contributed by atoms with Gasteiger partial charge in [-0.05, 0) is 31.6 Å². The largest absolute Gasteiger partial charge is 0.497 e. The summed E-state index contributed by atoms with van der Waals surface area (Å²) in [6, 6.07) is 4.61. The van der Waals surface area contributed by atoms with Gasteiger partial charge < -0.3 is 14.8 Å². The minimum absolute atomic E-state index is 0.109. The van der Waals surface area contributed by atoms with Gasteiger partial charge in [0.15, 0.2) is 0 Å². The number of rotatable bonds is 8. The van der Waals surface area contributed by atoms with E-state index in [1.165, 1.54) is 20.3 Å². The van der Waals surface area contributed by atoms with E-state index in [2.05, 4.69) is 10.0 Å². The van der Waals surface area contributed by atoms with Crippen LogP contribution in [0.2, 0.25) is 0 Å². The molecule has 0 aliphatic rings. The highest BCUT2D eigenvalue weighted by molar-refractivity contribution is 7.89. The molecule has 0 aromatic heterocycles. The summed E-state index contributed by atoms with van der Waals surface area (Å²) in [7, 11) is 1.17. The smallest absolute Gasteiger partial charge is 0.244 e. The van der Waals surface area contributed by atoms with Crippen LogP contribution in [0.5, 0.6) is 11.5 Å². The van der Waals surface area contributed by atoms with Crippen LogP contribution in [0.3, 0.4) is 0 Å². The molecular weight excluding hydrogens is 280 g/mol. The highest BCUT2D eigenvalue weighted by Gasteiger charge is 2.20. The van der Waals surface area contributed by atoms with E-state index in [1.807, 2.05) is 14.0 Å². The minimum Gasteiger partial charge on any atom is -0.497 e. The predicted molar refractivity (Wildman–Crippen MR) is 77.8 cm³/mol. The molecule has 0 radical (unpaired) electrons. The topological polar surface area (TPSA) is 76.7 Å². The van der Waals surface area contributed by atoms with Gasteiger partial charge in [-0.15, -0.1) is 0 Å². The maximum Gasteiger partial charge on any atom is 0.244 e. The molecular formula is C13H22N2O4S. The van der Waals surface area contributed by atoms with Crippen molar-refractivity contribution in [2.24, 2.45) is 5.92 Å². The molecule has 20 heavy (non-hydrogen) atoms. The maximum atomic E-state index is 12.3. The fourth-order valence-electron chi connectivity index (χ4n) is 1.75. The van der Waals surface area contributed by atoms with E-state index in [4.69, 9.17) is 9.47 Å². The van der Waals surface area contributed by atoms with Gasteiger partial charge in [-0.25, -0.2) is 13.1 Å². The second-order valence-corrected chi connectivity index (χ2v) is 6.27. The van der Waals surface area contributed by atoms with Crippen LogP contribution in [-0.4, -0.2) is 42.8 Å². The van der Waals surface area contributed by atoms with Crippen molar-refractivity contribution in [3.63, 3.8) is 0 Å². The van der Waals surface area contributed by atoms with Crippen molar-refractivity contribution in [1.82, 2.24) is 10.0 Å². The third kappa shape index (κ3) is 4.36. The Hall–Kier alpha value is -1.31. The van der Waals surface area contributed by atoms with Crippen LogP contribution in [0, 0.1) is 5.92 Å². The van der Waals surface area contributed by atoms with Crippen LogP contribution >= 0.6 is 0 Å². The lowest BCUT2D eigenvalue weighted by Gasteiger charge is -2.14. The average Bonchev–Trinajstić information content (AvgIpc) is 2.44. The summed E-state index contributed by atoms with van der Waals surface area (Å²) in [5, 5.41) is 3.01. The van der Waals surface area contributed by atoms with Crippen LogP contribution in [-0.2, 0) is 10.0 Å². The molecule has 0 saturated carbocycles. The number of nitrogens with one attached hydrogen (secondary N) is 2. The van der Waals surface area contributed by atoms with Gasteiger partial charge in [-0.3, -0.25) is 0 Å². The fourth-order valence-corrected chi connectivity index (χ4v) is 3.06. The first-order valence-electron chi connectivity index (χ1n) is 6.31. The van der Waals surface area contributed by atoms with E-state index in [-0.39, 0.29) is 16.6 Å². The van der Waals surface area contributed by atoms with Crippen LogP contribution in [0.1, 0.15) is 6.92 Å². The van der Waals surface area contributed by atoms with Gasteiger partial charge in [-0.2, -0.15) is 0 Å². The van der Waals surface area contributed by atoms with Gasteiger partial charge in [-0.1, -0.05) is 6.92 Å². The molecule has 0 aliphatic heterocycles. The Morgan fingerprint density at radius 1 is 1.20 bits per heavy atom. The number of ether oxygens (including phenoxy) is 2. The van der Waals surface area contributed by atoms with Crippen molar-refractivity contribution in [3.05, 3.63) is 18.2 Å². The maximum absolute atomic E-state index is 12.3. The number of hydrogen-bond donors (Lipinski definition) is 2. The Morgan fingerprint density at radius 2 is 1.90 bits per heavy atom. The molecule has 0 bridgehead atoms. The molecule has 1 unspecified atom stereocenters. The first-order valence-corrected chi connectivity index (χ1v) is 7.79. The predicted octanol–water partition coefficient (Wildman–Crippen LogP) is 0.838. The van der Waals surface area contributed by atoms with Crippen molar-refractivity contribution in [1.29, 1.82) is 0 Å². The zero-order valence-corrected chi connectivity index (χ0v) is 13.1. The summed E-state index contributed by atoms with van der Waals surface area (Å²) in [6.45, 7) is 3.06. The van der Waals surface area contributed by atoms with E-state index in [0.29, 0.717) is 12.3 Å². The molecule has 114 valence electrons. The summed E-state index contributed by atoms with van der Waals surface area (Å²) in [5.41, 5.74) is 0. The zero-order chi connectivity index (χ0) is 15.2. The molecule has 0 spiro atoms. The molecule has 0 aliphatic carbocycles. The lowest BCUT2D eigenvalue weighted by molar-refractivity contribution is 0.385. The highest BCUT2D eigenvalue weighted by atomic mass is 32.2. The summed E-state index contributed by atoms with van der Waals surface area (Å²) in [6.07, 6.45) is 0. The van der Waals surface area contributed by atoms with E-state index in [9.17, 15) is 8.42 Å². The van der Waals surface area contributed by atoms with Crippen molar-refractivity contribution < 1.29 is 17.9 Å². The molecule has 0 saturated heterocycles. The molecule has 0 amide bonds. The molecule has 1 aromatic rings. The normalized spacial score (nSPS) is 13.0. The lowest BCUT2D eigenvalue weighted by Crippen LogP contribution is -2.32. The molecule has 1 aromatic carbocycles. The SMILES string of the molecule is CNCC(C)CNS(=O)(=O)c1ccc(OC)cc1OC. The third-order valence-electron chi connectivity index (χ3n) is 2.83. The Labute approximate surface area is 120 Å². The summed E-state index contributed by atoms with van der Waals surface area (Å²) in [4.78, 5) is 0.109. The van der Waals surface area contributed by atoms with Crippen LogP contribution in [0.25, 0.3) is 0 Å². The molecule has 6 nitrogen and oxygen atoms in total. The Morgan fingerprint density at radius 3 is 2.45 bits per heavy atom. The first-order chi connectivity index (χ1) is 9.44. The minimum atomic E-state index is -3.60. The number of hydrogen-bond acceptors (Lipinski definition) is 5. The number of sulfonamides is 1. The summed E-state index contributed by atoms with van der Waals surface area (Å²) in [5.74, 6) is 1.00. The fraction of sp³-hybridized carbons (Fsp3) is 0.538. The van der Waals surface area contributed by atoms with Crippen LogP contribution < -0.4 is 19.5 Å². The average molecular weight is 302 g/mol.